The fourth-order valence-electron chi connectivity index (χ4n) is 3.98. The number of aliphatic imine (C=N–C) groups is 1. The van der Waals surface area contributed by atoms with Crippen molar-refractivity contribution in [1.29, 1.82) is 0 Å². The minimum Gasteiger partial charge on any atom is -0.372 e. The predicted molar refractivity (Wildman–Crippen MR) is 136 cm³/mol. The van der Waals surface area contributed by atoms with E-state index >= 15 is 0 Å². The van der Waals surface area contributed by atoms with E-state index in [2.05, 4.69) is 39.2 Å². The van der Waals surface area contributed by atoms with Crippen LogP contribution in [0.1, 0.15) is 41.9 Å². The number of amides is 1. The van der Waals surface area contributed by atoms with Crippen molar-refractivity contribution >= 4 is 34.8 Å². The second-order valence-electron chi connectivity index (χ2n) is 8.48. The van der Waals surface area contributed by atoms with Gasteiger partial charge in [-0.2, -0.15) is 0 Å². The van der Waals surface area contributed by atoms with Crippen molar-refractivity contribution in [3.05, 3.63) is 52.7 Å². The zero-order valence-corrected chi connectivity index (χ0v) is 20.5. The third kappa shape index (κ3) is 5.37. The number of piperidine rings is 1. The Kier molecular flexibility index (Phi) is 7.43. The van der Waals surface area contributed by atoms with Crippen molar-refractivity contribution in [2.45, 2.75) is 46.0 Å². The van der Waals surface area contributed by atoms with Gasteiger partial charge in [0.15, 0.2) is 5.65 Å². The molecule has 1 aliphatic heterocycles. The van der Waals surface area contributed by atoms with Crippen LogP contribution in [0.3, 0.4) is 0 Å². The zero-order valence-electron chi connectivity index (χ0n) is 19.7. The zero-order chi connectivity index (χ0) is 24.2. The van der Waals surface area contributed by atoms with Gasteiger partial charge >= 0.3 is 0 Å². The lowest BCUT2D eigenvalue weighted by Gasteiger charge is -2.31. The van der Waals surface area contributed by atoms with Crippen molar-refractivity contribution < 1.29 is 14.3 Å². The molecule has 1 aliphatic rings. The molecule has 0 bridgehead atoms. The molecule has 3 aromatic rings. The molecule has 34 heavy (non-hydrogen) atoms. The number of carbonyl (C=O) groups is 1. The number of imidazole rings is 1. The SMILES string of the molecule is C/C=C(\C=NC(C)O)CNC(=O)c1cc(N2CCC(F)CC2)c2ncc(-c3ccc(C)s3)n2c1. The number of alkyl halides is 1. The summed E-state index contributed by atoms with van der Waals surface area (Å²) in [6.45, 7) is 6.94. The smallest absolute Gasteiger partial charge is 0.253 e. The summed E-state index contributed by atoms with van der Waals surface area (Å²) >= 11 is 1.67. The van der Waals surface area contributed by atoms with E-state index in [1.165, 1.54) is 4.88 Å². The second kappa shape index (κ2) is 10.5. The van der Waals surface area contributed by atoms with Gasteiger partial charge in [-0.15, -0.1) is 11.3 Å². The topological polar surface area (TPSA) is 82.2 Å². The van der Waals surface area contributed by atoms with Crippen molar-refractivity contribution in [2.75, 3.05) is 24.5 Å². The maximum absolute atomic E-state index is 13.8. The Labute approximate surface area is 202 Å². The number of thiophene rings is 1. The molecule has 1 saturated heterocycles. The highest BCUT2D eigenvalue weighted by atomic mass is 32.1. The molecule has 1 atom stereocenters. The van der Waals surface area contributed by atoms with Gasteiger partial charge in [-0.3, -0.25) is 14.2 Å². The summed E-state index contributed by atoms with van der Waals surface area (Å²) in [7, 11) is 0. The lowest BCUT2D eigenvalue weighted by atomic mass is 10.1. The summed E-state index contributed by atoms with van der Waals surface area (Å²) in [4.78, 5) is 26.2. The molecule has 1 fully saturated rings. The van der Waals surface area contributed by atoms with E-state index in [0.717, 1.165) is 27.5 Å². The number of carbonyl (C=O) groups excluding carboxylic acids is 1. The minimum atomic E-state index is -0.801. The van der Waals surface area contributed by atoms with Crippen LogP contribution in [-0.2, 0) is 0 Å². The summed E-state index contributed by atoms with van der Waals surface area (Å²) in [5.74, 6) is -0.227. The Morgan fingerprint density at radius 3 is 2.82 bits per heavy atom. The number of anilines is 1. The van der Waals surface area contributed by atoms with Crippen molar-refractivity contribution in [1.82, 2.24) is 14.7 Å². The van der Waals surface area contributed by atoms with Gasteiger partial charge in [-0.1, -0.05) is 6.08 Å². The van der Waals surface area contributed by atoms with E-state index < -0.39 is 12.4 Å². The van der Waals surface area contributed by atoms with Crippen LogP contribution in [-0.4, -0.2) is 58.6 Å². The van der Waals surface area contributed by atoms with Gasteiger partial charge in [0.25, 0.3) is 5.91 Å². The molecule has 4 heterocycles. The second-order valence-corrected chi connectivity index (χ2v) is 9.77. The maximum atomic E-state index is 13.8. The Morgan fingerprint density at radius 1 is 1.41 bits per heavy atom. The van der Waals surface area contributed by atoms with Crippen molar-refractivity contribution in [2.24, 2.45) is 4.99 Å². The van der Waals surface area contributed by atoms with Crippen LogP contribution in [0.2, 0.25) is 0 Å². The first-order valence-electron chi connectivity index (χ1n) is 11.5. The molecule has 0 aliphatic carbocycles. The first kappa shape index (κ1) is 24.1. The fraction of sp³-hybridized carbons (Fsp3) is 0.400. The number of aryl methyl sites for hydroxylation is 1. The van der Waals surface area contributed by atoms with Gasteiger partial charge in [-0.05, 0) is 57.4 Å². The van der Waals surface area contributed by atoms with Gasteiger partial charge in [-0.25, -0.2) is 9.37 Å². The average molecular weight is 484 g/mol. The summed E-state index contributed by atoms with van der Waals surface area (Å²) in [5, 5.41) is 12.3. The van der Waals surface area contributed by atoms with Crippen LogP contribution in [0, 0.1) is 6.92 Å². The molecule has 9 heteroatoms. The number of fused-ring (bicyclic) bond motifs is 1. The number of nitrogens with one attached hydrogen (secondary N) is 1. The van der Waals surface area contributed by atoms with Crippen LogP contribution in [0.25, 0.3) is 16.2 Å². The molecule has 3 aromatic heterocycles. The number of aliphatic hydroxyl groups is 1. The molecule has 0 aromatic carbocycles. The summed E-state index contributed by atoms with van der Waals surface area (Å²) < 4.78 is 15.8. The monoisotopic (exact) mass is 483 g/mol. The van der Waals surface area contributed by atoms with E-state index in [4.69, 9.17) is 0 Å². The number of hydrogen-bond donors (Lipinski definition) is 2. The van der Waals surface area contributed by atoms with Crippen LogP contribution in [0.5, 0.6) is 0 Å². The predicted octanol–water partition coefficient (Wildman–Crippen LogP) is 4.39. The summed E-state index contributed by atoms with van der Waals surface area (Å²) in [6.07, 6.45) is 6.39. The number of pyridine rings is 1. The number of aromatic nitrogens is 2. The molecule has 180 valence electrons. The van der Waals surface area contributed by atoms with E-state index in [1.54, 1.807) is 24.5 Å². The largest absolute Gasteiger partial charge is 0.372 e. The Morgan fingerprint density at radius 2 is 2.18 bits per heavy atom. The average Bonchev–Trinajstić information content (AvgIpc) is 3.44. The number of halogens is 1. The van der Waals surface area contributed by atoms with E-state index in [0.29, 0.717) is 31.5 Å². The lowest BCUT2D eigenvalue weighted by Crippen LogP contribution is -2.35. The first-order chi connectivity index (χ1) is 16.4. The van der Waals surface area contributed by atoms with Gasteiger partial charge in [0.2, 0.25) is 0 Å². The highest BCUT2D eigenvalue weighted by molar-refractivity contribution is 7.15. The number of allylic oxidation sites excluding steroid dienone is 1. The first-order valence-corrected chi connectivity index (χ1v) is 12.3. The third-order valence-corrected chi connectivity index (χ3v) is 6.91. The molecular weight excluding hydrogens is 453 g/mol. The molecule has 0 spiro atoms. The number of rotatable bonds is 7. The van der Waals surface area contributed by atoms with Crippen molar-refractivity contribution in [3.63, 3.8) is 0 Å². The van der Waals surface area contributed by atoms with E-state index in [9.17, 15) is 14.3 Å². The third-order valence-electron chi connectivity index (χ3n) is 5.89. The molecule has 2 N–H and O–H groups in total. The molecule has 7 nitrogen and oxygen atoms in total. The highest BCUT2D eigenvalue weighted by Gasteiger charge is 2.23. The van der Waals surface area contributed by atoms with Gasteiger partial charge < -0.3 is 15.3 Å². The minimum absolute atomic E-state index is 0.227. The molecule has 0 radical (unpaired) electrons. The van der Waals surface area contributed by atoms with E-state index in [-0.39, 0.29) is 12.5 Å². The highest BCUT2D eigenvalue weighted by Crippen LogP contribution is 2.33. The molecule has 1 amide bonds. The standard InChI is InChI=1S/C25H30FN5O2S/c1-4-18(12-27-17(3)32)13-29-25(33)19-11-21(30-9-7-20(26)8-10-30)24-28-14-22(31(24)15-19)23-6-5-16(2)34-23/h4-6,11-12,14-15,17,20,32H,7-10,13H2,1-3H3,(H,29,33)/b18-4+,27-12?. The molecule has 4 rings (SSSR count). The number of nitrogens with zero attached hydrogens (tertiary/aromatic N) is 4. The Bertz CT molecular complexity index is 1220. The van der Waals surface area contributed by atoms with E-state index in [1.807, 2.05) is 35.9 Å². The molecular formula is C25H30FN5O2S. The van der Waals surface area contributed by atoms with Crippen LogP contribution < -0.4 is 10.2 Å². The normalized spacial score (nSPS) is 16.5. The van der Waals surface area contributed by atoms with Crippen molar-refractivity contribution in [3.8, 4) is 10.6 Å². The molecule has 1 unspecified atom stereocenters. The maximum Gasteiger partial charge on any atom is 0.253 e. The van der Waals surface area contributed by atoms with Gasteiger partial charge in [0.1, 0.15) is 12.4 Å². The number of hydrogen-bond acceptors (Lipinski definition) is 6. The fourth-order valence-corrected chi connectivity index (χ4v) is 4.85. The Hall–Kier alpha value is -3.04. The van der Waals surface area contributed by atoms with Gasteiger partial charge in [0, 0.05) is 36.9 Å². The van der Waals surface area contributed by atoms with Crippen LogP contribution in [0.4, 0.5) is 10.1 Å². The lowest BCUT2D eigenvalue weighted by molar-refractivity contribution is 0.0957. The molecule has 0 saturated carbocycles. The van der Waals surface area contributed by atoms with Crippen LogP contribution in [0.15, 0.2) is 47.2 Å². The van der Waals surface area contributed by atoms with Gasteiger partial charge in [0.05, 0.1) is 28.0 Å². The summed E-state index contributed by atoms with van der Waals surface area (Å²) in [6, 6.07) is 5.97. The van der Waals surface area contributed by atoms with Crippen LogP contribution >= 0.6 is 11.3 Å². The Balaban J connectivity index is 1.69. The number of aliphatic hydroxyl groups excluding tert-OH is 1. The summed E-state index contributed by atoms with van der Waals surface area (Å²) in [5.41, 5.74) is 3.80. The quantitative estimate of drug-likeness (QED) is 0.488.